The molecule has 1 aliphatic rings. The molecule has 1 aromatic carbocycles. The zero-order valence-corrected chi connectivity index (χ0v) is 10.3. The normalized spacial score (nSPS) is 17.4. The maximum Gasteiger partial charge on any atom is 0.178 e. The van der Waals surface area contributed by atoms with Crippen LogP contribution in [0.5, 0.6) is 0 Å². The fourth-order valence-electron chi connectivity index (χ4n) is 2.08. The Hall–Kier alpha value is -1.20. The minimum absolute atomic E-state index is 0.253. The van der Waals surface area contributed by atoms with Crippen molar-refractivity contribution in [3.8, 4) is 0 Å². The Morgan fingerprint density at radius 3 is 2.94 bits per heavy atom. The first-order valence-corrected chi connectivity index (χ1v) is 7.27. The summed E-state index contributed by atoms with van der Waals surface area (Å²) in [6, 6.07) is 5.41. The number of aldehydes is 1. The zero-order valence-electron chi connectivity index (χ0n) is 9.48. The van der Waals surface area contributed by atoms with E-state index in [4.69, 9.17) is 0 Å². The van der Waals surface area contributed by atoms with Gasteiger partial charge in [0, 0.05) is 6.54 Å². The van der Waals surface area contributed by atoms with Crippen molar-refractivity contribution in [2.24, 2.45) is 0 Å². The molecule has 0 aromatic heterocycles. The van der Waals surface area contributed by atoms with Gasteiger partial charge in [0.1, 0.15) is 6.29 Å². The van der Waals surface area contributed by atoms with E-state index in [0.717, 1.165) is 23.8 Å². The quantitative estimate of drug-likeness (QED) is 0.633. The maximum absolute atomic E-state index is 11.8. The summed E-state index contributed by atoms with van der Waals surface area (Å²) in [4.78, 5) is 10.6. The molecule has 0 atom stereocenters. The van der Waals surface area contributed by atoms with E-state index in [2.05, 4.69) is 5.32 Å². The van der Waals surface area contributed by atoms with E-state index >= 15 is 0 Å². The Labute approximate surface area is 101 Å². The number of rotatable bonds is 4. The van der Waals surface area contributed by atoms with Gasteiger partial charge in [-0.25, -0.2) is 8.42 Å². The van der Waals surface area contributed by atoms with Gasteiger partial charge >= 0.3 is 0 Å². The summed E-state index contributed by atoms with van der Waals surface area (Å²) in [5.41, 5.74) is 1.92. The summed E-state index contributed by atoms with van der Waals surface area (Å²) in [7, 11) is -3.06. The van der Waals surface area contributed by atoms with Crippen LogP contribution in [-0.4, -0.2) is 27.0 Å². The van der Waals surface area contributed by atoms with Crippen molar-refractivity contribution >= 4 is 16.1 Å². The van der Waals surface area contributed by atoms with E-state index in [-0.39, 0.29) is 5.75 Å². The molecule has 5 heteroatoms. The predicted octanol–water partition coefficient (Wildman–Crippen LogP) is 0.695. The van der Waals surface area contributed by atoms with Crippen molar-refractivity contribution < 1.29 is 13.2 Å². The van der Waals surface area contributed by atoms with Gasteiger partial charge in [-0.15, -0.1) is 0 Å². The minimum atomic E-state index is -3.06. The fraction of sp³-hybridized carbons (Fsp3) is 0.417. The zero-order chi connectivity index (χ0) is 12.3. The van der Waals surface area contributed by atoms with Crippen LogP contribution in [0.1, 0.15) is 17.5 Å². The van der Waals surface area contributed by atoms with E-state index in [1.807, 2.05) is 6.07 Å². The van der Waals surface area contributed by atoms with Gasteiger partial charge in [0.05, 0.1) is 17.2 Å². The number of carbonyl (C=O) groups excluding carboxylic acids is 1. The molecule has 0 saturated heterocycles. The van der Waals surface area contributed by atoms with Crippen LogP contribution >= 0.6 is 0 Å². The van der Waals surface area contributed by atoms with Crippen molar-refractivity contribution in [2.75, 3.05) is 12.3 Å². The number of carbonyl (C=O) groups is 1. The minimum Gasteiger partial charge on any atom is -0.306 e. The van der Waals surface area contributed by atoms with Gasteiger partial charge in [-0.2, -0.15) is 0 Å². The second kappa shape index (κ2) is 4.98. The molecule has 0 bridgehead atoms. The third-order valence-electron chi connectivity index (χ3n) is 2.88. The highest BCUT2D eigenvalue weighted by atomic mass is 32.2. The van der Waals surface area contributed by atoms with Crippen molar-refractivity contribution in [3.05, 3.63) is 29.3 Å². The number of benzene rings is 1. The number of nitrogens with one attached hydrogen (secondary N) is 1. The molecule has 1 aromatic rings. The van der Waals surface area contributed by atoms with Gasteiger partial charge in [-0.05, 0) is 30.0 Å². The summed E-state index contributed by atoms with van der Waals surface area (Å²) in [6.45, 7) is 0.904. The average Bonchev–Trinajstić information content (AvgIpc) is 2.29. The van der Waals surface area contributed by atoms with Crippen LogP contribution in [0.3, 0.4) is 0 Å². The Kier molecular flexibility index (Phi) is 3.59. The lowest BCUT2D eigenvalue weighted by molar-refractivity contribution is -0.107. The molecule has 0 radical (unpaired) electrons. The number of fused-ring (bicyclic) bond motifs is 1. The number of hydrogen-bond acceptors (Lipinski definition) is 4. The van der Waals surface area contributed by atoms with Crippen molar-refractivity contribution in [3.63, 3.8) is 0 Å². The Bertz CT molecular complexity index is 523. The Morgan fingerprint density at radius 1 is 1.35 bits per heavy atom. The maximum atomic E-state index is 11.8. The third-order valence-corrected chi connectivity index (χ3v) is 4.77. The van der Waals surface area contributed by atoms with Crippen molar-refractivity contribution in [2.45, 2.75) is 24.3 Å². The van der Waals surface area contributed by atoms with Crippen molar-refractivity contribution in [1.29, 1.82) is 0 Å². The summed E-state index contributed by atoms with van der Waals surface area (Å²) < 4.78 is 23.6. The lowest BCUT2D eigenvalue weighted by Crippen LogP contribution is -2.18. The van der Waals surface area contributed by atoms with Crippen LogP contribution < -0.4 is 5.32 Å². The molecule has 0 aliphatic carbocycles. The van der Waals surface area contributed by atoms with E-state index in [0.29, 0.717) is 24.4 Å². The second-order valence-electron chi connectivity index (χ2n) is 4.16. The van der Waals surface area contributed by atoms with Crippen LogP contribution in [0.15, 0.2) is 23.1 Å². The molecular weight excluding hydrogens is 238 g/mol. The van der Waals surface area contributed by atoms with Gasteiger partial charge in [0.2, 0.25) is 0 Å². The van der Waals surface area contributed by atoms with E-state index < -0.39 is 9.84 Å². The molecule has 0 fully saturated rings. The first-order chi connectivity index (χ1) is 8.13. The third kappa shape index (κ3) is 2.73. The number of hydrogen-bond donors (Lipinski definition) is 1. The van der Waals surface area contributed by atoms with Gasteiger partial charge in [-0.3, -0.25) is 0 Å². The van der Waals surface area contributed by atoms with Crippen LogP contribution in [-0.2, 0) is 27.6 Å². The Morgan fingerprint density at radius 2 is 2.18 bits per heavy atom. The predicted molar refractivity (Wildman–Crippen MR) is 64.6 cm³/mol. The topological polar surface area (TPSA) is 63.2 Å². The Balaban J connectivity index is 2.22. The largest absolute Gasteiger partial charge is 0.306 e. The number of aryl methyl sites for hydroxylation is 1. The van der Waals surface area contributed by atoms with Gasteiger partial charge in [0.15, 0.2) is 9.84 Å². The van der Waals surface area contributed by atoms with Crippen LogP contribution in [0, 0.1) is 0 Å². The molecule has 17 heavy (non-hydrogen) atoms. The lowest BCUT2D eigenvalue weighted by Gasteiger charge is -2.17. The van der Waals surface area contributed by atoms with Gasteiger partial charge < -0.3 is 10.1 Å². The smallest absolute Gasteiger partial charge is 0.178 e. The molecule has 2 rings (SSSR count). The molecule has 4 nitrogen and oxygen atoms in total. The van der Waals surface area contributed by atoms with Crippen molar-refractivity contribution in [1.82, 2.24) is 5.32 Å². The highest BCUT2D eigenvalue weighted by molar-refractivity contribution is 7.91. The van der Waals surface area contributed by atoms with Gasteiger partial charge in [-0.1, -0.05) is 12.1 Å². The highest BCUT2D eigenvalue weighted by Crippen LogP contribution is 2.25. The molecule has 1 aliphatic heterocycles. The first kappa shape index (κ1) is 12.3. The van der Waals surface area contributed by atoms with E-state index in [9.17, 15) is 13.2 Å². The van der Waals surface area contributed by atoms with E-state index in [1.54, 1.807) is 12.1 Å². The van der Waals surface area contributed by atoms with Crippen LogP contribution in [0.4, 0.5) is 0 Å². The lowest BCUT2D eigenvalue weighted by atomic mass is 10.1. The summed E-state index contributed by atoms with van der Waals surface area (Å²) >= 11 is 0. The standard InChI is InChI=1S/C12H15NO3S/c14-6-5-13-9-10-3-4-12-11(8-10)2-1-7-17(12,15)16/h3-4,6,8,13H,1-2,5,7,9H2. The molecule has 0 saturated carbocycles. The molecule has 1 heterocycles. The molecule has 0 unspecified atom stereocenters. The molecular formula is C12H15NO3S. The van der Waals surface area contributed by atoms with E-state index in [1.165, 1.54) is 0 Å². The molecule has 0 amide bonds. The SMILES string of the molecule is O=CCNCc1ccc2c(c1)CCCS2(=O)=O. The average molecular weight is 253 g/mol. The first-order valence-electron chi connectivity index (χ1n) is 5.62. The summed E-state index contributed by atoms with van der Waals surface area (Å²) in [5.74, 6) is 0.253. The molecule has 0 spiro atoms. The highest BCUT2D eigenvalue weighted by Gasteiger charge is 2.23. The molecule has 1 N–H and O–H groups in total. The number of sulfone groups is 1. The monoisotopic (exact) mass is 253 g/mol. The van der Waals surface area contributed by atoms with Crippen LogP contribution in [0.2, 0.25) is 0 Å². The van der Waals surface area contributed by atoms with Gasteiger partial charge in [0.25, 0.3) is 0 Å². The molecule has 92 valence electrons. The summed E-state index contributed by atoms with van der Waals surface area (Å²) in [5, 5.41) is 2.96. The second-order valence-corrected chi connectivity index (χ2v) is 6.24. The van der Waals surface area contributed by atoms with Crippen LogP contribution in [0.25, 0.3) is 0 Å². The fourth-order valence-corrected chi connectivity index (χ4v) is 3.66. The summed E-state index contributed by atoms with van der Waals surface area (Å²) in [6.07, 6.45) is 2.32.